The SMILES string of the molecule is O=C(Nc1ccc(Cl)cc1)c1ccc2nc(-c3ccc([N+](=O)[O-])o3)[nH]c2c1. The van der Waals surface area contributed by atoms with E-state index in [1.165, 1.54) is 12.1 Å². The largest absolute Gasteiger partial charge is 0.433 e. The number of hydrogen-bond donors (Lipinski definition) is 2. The number of H-pyrrole nitrogens is 1. The highest BCUT2D eigenvalue weighted by Gasteiger charge is 2.16. The van der Waals surface area contributed by atoms with Gasteiger partial charge in [-0.2, -0.15) is 0 Å². The summed E-state index contributed by atoms with van der Waals surface area (Å²) >= 11 is 5.83. The Hall–Kier alpha value is -3.65. The maximum absolute atomic E-state index is 12.4. The summed E-state index contributed by atoms with van der Waals surface area (Å²) in [6.07, 6.45) is 0. The van der Waals surface area contributed by atoms with Crippen molar-refractivity contribution >= 4 is 40.1 Å². The fourth-order valence-electron chi connectivity index (χ4n) is 2.56. The summed E-state index contributed by atoms with van der Waals surface area (Å²) in [4.78, 5) is 29.9. The van der Waals surface area contributed by atoms with Gasteiger partial charge in [0.25, 0.3) is 5.91 Å². The average Bonchev–Trinajstić information content (AvgIpc) is 3.29. The van der Waals surface area contributed by atoms with E-state index < -0.39 is 4.92 Å². The van der Waals surface area contributed by atoms with Gasteiger partial charge < -0.3 is 14.7 Å². The number of amides is 1. The number of nitro groups is 1. The van der Waals surface area contributed by atoms with Crippen LogP contribution in [0.1, 0.15) is 10.4 Å². The summed E-state index contributed by atoms with van der Waals surface area (Å²) in [5.74, 6) is -0.0732. The van der Waals surface area contributed by atoms with E-state index in [1.54, 1.807) is 42.5 Å². The summed E-state index contributed by atoms with van der Waals surface area (Å²) in [7, 11) is 0. The van der Waals surface area contributed by atoms with E-state index in [1.807, 2.05) is 0 Å². The highest BCUT2D eigenvalue weighted by Crippen LogP contribution is 2.26. The smallest absolute Gasteiger partial charge is 0.397 e. The Labute approximate surface area is 156 Å². The normalized spacial score (nSPS) is 10.9. The third kappa shape index (κ3) is 3.38. The Morgan fingerprint density at radius 3 is 2.63 bits per heavy atom. The molecular weight excluding hydrogens is 372 g/mol. The molecule has 4 rings (SSSR count). The van der Waals surface area contributed by atoms with Crippen LogP contribution in [0.5, 0.6) is 0 Å². The van der Waals surface area contributed by atoms with Gasteiger partial charge in [0.1, 0.15) is 4.92 Å². The topological polar surface area (TPSA) is 114 Å². The number of anilines is 1. The zero-order valence-corrected chi connectivity index (χ0v) is 14.4. The number of furan rings is 1. The first-order chi connectivity index (χ1) is 13.0. The summed E-state index contributed by atoms with van der Waals surface area (Å²) in [6.45, 7) is 0. The van der Waals surface area contributed by atoms with Crippen molar-refractivity contribution < 1.29 is 14.1 Å². The molecule has 0 bridgehead atoms. The molecule has 4 aromatic rings. The number of hydrogen-bond acceptors (Lipinski definition) is 5. The Balaban J connectivity index is 1.61. The second kappa shape index (κ2) is 6.58. The Morgan fingerprint density at radius 2 is 1.93 bits per heavy atom. The molecule has 0 aliphatic rings. The van der Waals surface area contributed by atoms with Crippen LogP contribution in [0.25, 0.3) is 22.6 Å². The summed E-state index contributed by atoms with van der Waals surface area (Å²) in [6, 6.07) is 14.5. The van der Waals surface area contributed by atoms with Crippen LogP contribution >= 0.6 is 11.6 Å². The van der Waals surface area contributed by atoms with Gasteiger partial charge >= 0.3 is 5.88 Å². The van der Waals surface area contributed by atoms with Gasteiger partial charge in [-0.1, -0.05) is 11.6 Å². The van der Waals surface area contributed by atoms with Crippen molar-refractivity contribution in [3.8, 4) is 11.6 Å². The summed E-state index contributed by atoms with van der Waals surface area (Å²) < 4.78 is 5.14. The number of halogens is 1. The number of nitrogens with one attached hydrogen (secondary N) is 2. The first kappa shape index (κ1) is 16.8. The van der Waals surface area contributed by atoms with Crippen LogP contribution in [0.2, 0.25) is 5.02 Å². The molecular formula is C18H11ClN4O4. The van der Waals surface area contributed by atoms with E-state index in [-0.39, 0.29) is 17.6 Å². The molecule has 2 aromatic heterocycles. The predicted octanol–water partition coefficient (Wildman–Crippen LogP) is 4.64. The van der Waals surface area contributed by atoms with Crippen molar-refractivity contribution in [1.29, 1.82) is 0 Å². The number of carbonyl (C=O) groups excluding carboxylic acids is 1. The third-order valence-corrected chi connectivity index (χ3v) is 4.10. The molecule has 0 atom stereocenters. The molecule has 0 saturated carbocycles. The minimum absolute atomic E-state index is 0.241. The molecule has 0 aliphatic heterocycles. The van der Waals surface area contributed by atoms with Crippen molar-refractivity contribution in [2.75, 3.05) is 5.32 Å². The molecule has 2 heterocycles. The second-order valence-corrected chi connectivity index (χ2v) is 6.11. The van der Waals surface area contributed by atoms with E-state index in [0.717, 1.165) is 0 Å². The van der Waals surface area contributed by atoms with E-state index in [4.69, 9.17) is 16.0 Å². The molecule has 8 nitrogen and oxygen atoms in total. The van der Waals surface area contributed by atoms with Gasteiger partial charge in [0.15, 0.2) is 11.6 Å². The number of imidazole rings is 1. The average molecular weight is 383 g/mol. The fourth-order valence-corrected chi connectivity index (χ4v) is 2.68. The quantitative estimate of drug-likeness (QED) is 0.394. The van der Waals surface area contributed by atoms with Crippen molar-refractivity contribution in [2.45, 2.75) is 0 Å². The predicted molar refractivity (Wildman–Crippen MR) is 99.9 cm³/mol. The second-order valence-electron chi connectivity index (χ2n) is 5.67. The van der Waals surface area contributed by atoms with E-state index in [9.17, 15) is 14.9 Å². The lowest BCUT2D eigenvalue weighted by Crippen LogP contribution is -2.11. The van der Waals surface area contributed by atoms with Gasteiger partial charge in [-0.05, 0) is 48.5 Å². The zero-order valence-electron chi connectivity index (χ0n) is 13.6. The molecule has 1 amide bonds. The molecule has 0 radical (unpaired) electrons. The highest BCUT2D eigenvalue weighted by molar-refractivity contribution is 6.30. The minimum Gasteiger partial charge on any atom is -0.397 e. The van der Waals surface area contributed by atoms with Gasteiger partial charge in [0.05, 0.1) is 17.1 Å². The molecule has 0 aliphatic carbocycles. The van der Waals surface area contributed by atoms with Crippen LogP contribution in [-0.4, -0.2) is 20.8 Å². The Kier molecular flexibility index (Phi) is 4.09. The van der Waals surface area contributed by atoms with Crippen molar-refractivity contribution in [3.05, 3.63) is 75.3 Å². The maximum Gasteiger partial charge on any atom is 0.433 e. The fraction of sp³-hybridized carbons (Fsp3) is 0. The number of benzene rings is 2. The van der Waals surface area contributed by atoms with Crippen molar-refractivity contribution in [1.82, 2.24) is 9.97 Å². The molecule has 9 heteroatoms. The number of rotatable bonds is 4. The molecule has 2 N–H and O–H groups in total. The van der Waals surface area contributed by atoms with Gasteiger partial charge in [-0.25, -0.2) is 4.98 Å². The Bertz CT molecular complexity index is 1160. The third-order valence-electron chi connectivity index (χ3n) is 3.85. The van der Waals surface area contributed by atoms with Gasteiger partial charge in [-0.15, -0.1) is 0 Å². The van der Waals surface area contributed by atoms with Crippen LogP contribution in [0.15, 0.2) is 59.0 Å². The van der Waals surface area contributed by atoms with Crippen LogP contribution < -0.4 is 5.32 Å². The van der Waals surface area contributed by atoms with Gasteiger partial charge in [-0.3, -0.25) is 14.9 Å². The zero-order chi connectivity index (χ0) is 19.0. The van der Waals surface area contributed by atoms with Crippen LogP contribution in [0, 0.1) is 10.1 Å². The van der Waals surface area contributed by atoms with Crippen molar-refractivity contribution in [3.63, 3.8) is 0 Å². The van der Waals surface area contributed by atoms with E-state index in [2.05, 4.69) is 15.3 Å². The first-order valence-electron chi connectivity index (χ1n) is 7.81. The number of nitrogens with zero attached hydrogens (tertiary/aromatic N) is 2. The summed E-state index contributed by atoms with van der Waals surface area (Å²) in [5.41, 5.74) is 2.26. The van der Waals surface area contributed by atoms with Crippen LogP contribution in [-0.2, 0) is 0 Å². The molecule has 134 valence electrons. The molecule has 2 aromatic carbocycles. The van der Waals surface area contributed by atoms with Gasteiger partial charge in [0, 0.05) is 16.3 Å². The minimum atomic E-state index is -0.620. The lowest BCUT2D eigenvalue weighted by Gasteiger charge is -2.05. The first-order valence-corrected chi connectivity index (χ1v) is 8.19. The monoisotopic (exact) mass is 382 g/mol. The van der Waals surface area contributed by atoms with Crippen LogP contribution in [0.3, 0.4) is 0 Å². The van der Waals surface area contributed by atoms with E-state index in [0.29, 0.717) is 33.1 Å². The molecule has 0 spiro atoms. The Morgan fingerprint density at radius 1 is 1.15 bits per heavy atom. The number of fused-ring (bicyclic) bond motifs is 1. The number of aromatic amines is 1. The summed E-state index contributed by atoms with van der Waals surface area (Å²) in [5, 5.41) is 14.1. The molecule has 0 fully saturated rings. The van der Waals surface area contributed by atoms with Crippen molar-refractivity contribution in [2.24, 2.45) is 0 Å². The molecule has 0 saturated heterocycles. The van der Waals surface area contributed by atoms with Crippen LogP contribution in [0.4, 0.5) is 11.6 Å². The highest BCUT2D eigenvalue weighted by atomic mass is 35.5. The molecule has 27 heavy (non-hydrogen) atoms. The number of aromatic nitrogens is 2. The van der Waals surface area contributed by atoms with Gasteiger partial charge in [0.2, 0.25) is 0 Å². The molecule has 0 unspecified atom stereocenters. The standard InChI is InChI=1S/C18H11ClN4O4/c19-11-2-4-12(5-3-11)20-18(24)10-1-6-13-14(9-10)22-17(21-13)15-7-8-16(27-15)23(25)26/h1-9H,(H,20,24)(H,21,22). The lowest BCUT2D eigenvalue weighted by molar-refractivity contribution is -0.401. The number of carbonyl (C=O) groups is 1. The lowest BCUT2D eigenvalue weighted by atomic mass is 10.2. The van der Waals surface area contributed by atoms with E-state index >= 15 is 0 Å². The maximum atomic E-state index is 12.4.